The Labute approximate surface area is 191 Å². The third kappa shape index (κ3) is 4.03. The van der Waals surface area contributed by atoms with Crippen molar-refractivity contribution < 1.29 is 19.1 Å². The number of carbonyl (C=O) groups is 2. The number of H-pyrrole nitrogens is 1. The van der Waals surface area contributed by atoms with E-state index in [0.717, 1.165) is 17.2 Å². The number of hydrogen-bond acceptors (Lipinski definition) is 4. The van der Waals surface area contributed by atoms with Crippen LogP contribution in [0.25, 0.3) is 10.8 Å². The van der Waals surface area contributed by atoms with Gasteiger partial charge in [0, 0.05) is 16.6 Å². The number of anilines is 1. The molecule has 0 saturated heterocycles. The van der Waals surface area contributed by atoms with Gasteiger partial charge in [0.2, 0.25) is 5.91 Å². The Morgan fingerprint density at radius 2 is 2.00 bits per heavy atom. The number of pyridine rings is 1. The van der Waals surface area contributed by atoms with E-state index in [4.69, 9.17) is 28.3 Å². The molecule has 7 nitrogen and oxygen atoms in total. The molecular formula is C22H18Cl2FN3O4. The van der Waals surface area contributed by atoms with Crippen molar-refractivity contribution in [2.45, 2.75) is 19.4 Å². The minimum Gasteiger partial charge on any atom is -0.477 e. The molecule has 1 atom stereocenters. The monoisotopic (exact) mass is 477 g/mol. The zero-order valence-corrected chi connectivity index (χ0v) is 18.4. The minimum absolute atomic E-state index is 0.0114. The predicted octanol–water partition coefficient (Wildman–Crippen LogP) is 4.23. The van der Waals surface area contributed by atoms with Gasteiger partial charge in [0.25, 0.3) is 5.56 Å². The molecule has 1 aromatic heterocycles. The number of amides is 1. The Balaban J connectivity index is 1.55. The molecule has 2 aromatic carbocycles. The number of rotatable bonds is 4. The number of carbonyl (C=O) groups excluding carboxylic acids is 1. The average molecular weight is 478 g/mol. The molecule has 0 bridgehead atoms. The Morgan fingerprint density at radius 3 is 2.72 bits per heavy atom. The third-order valence-electron chi connectivity index (χ3n) is 5.60. The molecule has 0 fully saturated rings. The lowest BCUT2D eigenvalue weighted by Crippen LogP contribution is -2.42. The van der Waals surface area contributed by atoms with Crippen molar-refractivity contribution >= 4 is 51.5 Å². The van der Waals surface area contributed by atoms with Gasteiger partial charge in [-0.15, -0.1) is 0 Å². The standard InChI is InChI=1S/C22H18Cl2FN3O4/c1-10-20-11(4-13(23)7-15(20)24)2-3-28(10)19(29)9-26-17-5-12-6-18(22(31)32)27-21(30)14(12)8-16(17)25/h4-8,10,26H,2-3,9H2,1H3,(H,27,30)(H,31,32)/t10-/m0/s1. The van der Waals surface area contributed by atoms with Crippen LogP contribution in [0.15, 0.2) is 35.1 Å². The van der Waals surface area contributed by atoms with Crippen LogP contribution in [0.3, 0.4) is 0 Å². The van der Waals surface area contributed by atoms with Gasteiger partial charge in [-0.25, -0.2) is 9.18 Å². The second kappa shape index (κ2) is 8.44. The molecule has 4 rings (SSSR count). The van der Waals surface area contributed by atoms with Crippen molar-refractivity contribution in [3.8, 4) is 0 Å². The second-order valence-electron chi connectivity index (χ2n) is 7.56. The maximum absolute atomic E-state index is 14.5. The summed E-state index contributed by atoms with van der Waals surface area (Å²) >= 11 is 12.4. The number of aromatic carboxylic acids is 1. The van der Waals surface area contributed by atoms with Gasteiger partial charge in [0.1, 0.15) is 11.5 Å². The molecule has 1 aliphatic heterocycles. The normalized spacial score (nSPS) is 15.5. The zero-order valence-electron chi connectivity index (χ0n) is 16.8. The van der Waals surface area contributed by atoms with E-state index in [1.165, 1.54) is 12.1 Å². The van der Waals surface area contributed by atoms with E-state index in [2.05, 4.69) is 10.3 Å². The number of carboxylic acid groups (broad SMARTS) is 1. The van der Waals surface area contributed by atoms with Crippen molar-refractivity contribution in [3.05, 3.63) is 73.4 Å². The van der Waals surface area contributed by atoms with E-state index < -0.39 is 17.3 Å². The van der Waals surface area contributed by atoms with Gasteiger partial charge in [-0.1, -0.05) is 23.2 Å². The maximum atomic E-state index is 14.5. The molecule has 0 aliphatic carbocycles. The Hall–Kier alpha value is -3.10. The Kier molecular flexibility index (Phi) is 5.83. The van der Waals surface area contributed by atoms with Crippen LogP contribution in [0, 0.1) is 5.82 Å². The first-order valence-electron chi connectivity index (χ1n) is 9.76. The summed E-state index contributed by atoms with van der Waals surface area (Å²) in [6.07, 6.45) is 0.594. The van der Waals surface area contributed by atoms with Gasteiger partial charge >= 0.3 is 5.97 Å². The minimum atomic E-state index is -1.31. The van der Waals surface area contributed by atoms with Gasteiger partial charge < -0.3 is 20.3 Å². The van der Waals surface area contributed by atoms with Crippen molar-refractivity contribution in [2.24, 2.45) is 0 Å². The number of halogens is 3. The fourth-order valence-corrected chi connectivity index (χ4v) is 4.75. The van der Waals surface area contributed by atoms with Crippen molar-refractivity contribution in [2.75, 3.05) is 18.4 Å². The lowest BCUT2D eigenvalue weighted by molar-refractivity contribution is -0.131. The molecule has 0 saturated carbocycles. The highest BCUT2D eigenvalue weighted by Gasteiger charge is 2.29. The molecule has 3 aromatic rings. The molecule has 0 radical (unpaired) electrons. The average Bonchev–Trinajstić information content (AvgIpc) is 2.72. The summed E-state index contributed by atoms with van der Waals surface area (Å²) in [6, 6.07) is 6.76. The number of carboxylic acids is 1. The second-order valence-corrected chi connectivity index (χ2v) is 8.41. The first-order valence-corrected chi connectivity index (χ1v) is 10.5. The largest absolute Gasteiger partial charge is 0.477 e. The van der Waals surface area contributed by atoms with Gasteiger partial charge in [0.05, 0.1) is 23.7 Å². The summed E-state index contributed by atoms with van der Waals surface area (Å²) in [4.78, 5) is 39.9. The molecule has 32 heavy (non-hydrogen) atoms. The summed E-state index contributed by atoms with van der Waals surface area (Å²) in [5, 5.41) is 13.2. The van der Waals surface area contributed by atoms with E-state index in [-0.39, 0.29) is 40.6 Å². The zero-order chi connectivity index (χ0) is 23.2. The van der Waals surface area contributed by atoms with E-state index in [9.17, 15) is 18.8 Å². The van der Waals surface area contributed by atoms with Crippen molar-refractivity contribution in [3.63, 3.8) is 0 Å². The molecule has 1 aliphatic rings. The molecule has 1 amide bonds. The fourth-order valence-electron chi connectivity index (χ4n) is 4.05. The number of aromatic amines is 1. The van der Waals surface area contributed by atoms with Crippen LogP contribution in [-0.2, 0) is 11.2 Å². The number of fused-ring (bicyclic) bond motifs is 2. The van der Waals surface area contributed by atoms with Crippen LogP contribution >= 0.6 is 23.2 Å². The number of benzene rings is 2. The van der Waals surface area contributed by atoms with Crippen LogP contribution in [-0.4, -0.2) is 40.0 Å². The lowest BCUT2D eigenvalue weighted by Gasteiger charge is -2.36. The van der Waals surface area contributed by atoms with Gasteiger partial charge in [-0.05, 0) is 60.2 Å². The molecular weight excluding hydrogens is 460 g/mol. The molecule has 2 heterocycles. The first-order chi connectivity index (χ1) is 15.2. The van der Waals surface area contributed by atoms with Crippen LogP contribution in [0.2, 0.25) is 10.0 Å². The SMILES string of the molecule is C[C@H]1c2c(Cl)cc(Cl)cc2CCN1C(=O)CNc1cc2cc(C(=O)O)[nH]c(=O)c2cc1F. The quantitative estimate of drug-likeness (QED) is 0.521. The van der Waals surface area contributed by atoms with E-state index in [1.807, 2.05) is 13.0 Å². The summed E-state index contributed by atoms with van der Waals surface area (Å²) in [5.41, 5.74) is 0.802. The molecule has 0 spiro atoms. The molecule has 10 heteroatoms. The van der Waals surface area contributed by atoms with E-state index >= 15 is 0 Å². The first kappa shape index (κ1) is 22.1. The number of aromatic nitrogens is 1. The lowest BCUT2D eigenvalue weighted by atomic mass is 9.93. The van der Waals surface area contributed by atoms with Crippen LogP contribution in [0.5, 0.6) is 0 Å². The van der Waals surface area contributed by atoms with Crippen LogP contribution in [0.1, 0.15) is 34.6 Å². The number of hydrogen-bond donors (Lipinski definition) is 3. The Morgan fingerprint density at radius 1 is 1.25 bits per heavy atom. The highest BCUT2D eigenvalue weighted by atomic mass is 35.5. The number of nitrogens with one attached hydrogen (secondary N) is 2. The maximum Gasteiger partial charge on any atom is 0.352 e. The Bertz CT molecular complexity index is 1320. The van der Waals surface area contributed by atoms with Crippen molar-refractivity contribution in [1.82, 2.24) is 9.88 Å². The molecule has 3 N–H and O–H groups in total. The van der Waals surface area contributed by atoms with Crippen LogP contribution < -0.4 is 10.9 Å². The summed E-state index contributed by atoms with van der Waals surface area (Å²) in [5.74, 6) is -2.29. The van der Waals surface area contributed by atoms with Crippen molar-refractivity contribution in [1.29, 1.82) is 0 Å². The number of nitrogens with zero attached hydrogens (tertiary/aromatic N) is 1. The summed E-state index contributed by atoms with van der Waals surface area (Å²) in [6.45, 7) is 2.14. The van der Waals surface area contributed by atoms with Crippen LogP contribution in [0.4, 0.5) is 10.1 Å². The van der Waals surface area contributed by atoms with E-state index in [1.54, 1.807) is 11.0 Å². The fraction of sp³-hybridized carbons (Fsp3) is 0.227. The third-order valence-corrected chi connectivity index (χ3v) is 6.13. The molecule has 166 valence electrons. The highest BCUT2D eigenvalue weighted by Crippen LogP contribution is 2.37. The smallest absolute Gasteiger partial charge is 0.352 e. The van der Waals surface area contributed by atoms with Gasteiger partial charge in [-0.2, -0.15) is 0 Å². The predicted molar refractivity (Wildman–Crippen MR) is 120 cm³/mol. The highest BCUT2D eigenvalue weighted by molar-refractivity contribution is 6.35. The van der Waals surface area contributed by atoms with Gasteiger partial charge in [0.15, 0.2) is 0 Å². The molecule has 0 unspecified atom stereocenters. The van der Waals surface area contributed by atoms with Gasteiger partial charge in [-0.3, -0.25) is 9.59 Å². The topological polar surface area (TPSA) is 102 Å². The summed E-state index contributed by atoms with van der Waals surface area (Å²) in [7, 11) is 0. The summed E-state index contributed by atoms with van der Waals surface area (Å²) < 4.78 is 14.5. The van der Waals surface area contributed by atoms with E-state index in [0.29, 0.717) is 23.0 Å².